The third-order valence-corrected chi connectivity index (χ3v) is 1.57. The Kier molecular flexibility index (Phi) is 5.50. The zero-order chi connectivity index (χ0) is 10.3. The molecule has 5 nitrogen and oxygen atoms in total. The smallest absolute Gasteiger partial charge is 0.361 e. The summed E-state index contributed by atoms with van der Waals surface area (Å²) in [7, 11) is 0. The van der Waals surface area contributed by atoms with Crippen LogP contribution in [-0.4, -0.2) is 27.8 Å². The minimum atomic E-state index is -1.48. The zero-order valence-electron chi connectivity index (χ0n) is 7.49. The summed E-state index contributed by atoms with van der Waals surface area (Å²) < 4.78 is 0. The van der Waals surface area contributed by atoms with Crippen LogP contribution in [0.25, 0.3) is 0 Å². The molecule has 2 N–H and O–H groups in total. The summed E-state index contributed by atoms with van der Waals surface area (Å²) in [5.74, 6) is -2.10. The van der Waals surface area contributed by atoms with Gasteiger partial charge in [0.1, 0.15) is 0 Å². The van der Waals surface area contributed by atoms with Crippen molar-refractivity contribution in [3.8, 4) is 0 Å². The first-order chi connectivity index (χ1) is 6.13. The Morgan fingerprint density at radius 2 is 1.92 bits per heavy atom. The number of carboxylic acids is 1. The largest absolute Gasteiger partial charge is 0.476 e. The molecule has 5 heteroatoms. The topological polar surface area (TPSA) is 87.0 Å². The molecule has 0 fully saturated rings. The molecule has 0 bridgehead atoms. The first kappa shape index (κ1) is 11.6. The maximum absolute atomic E-state index is 11.0. The summed E-state index contributed by atoms with van der Waals surface area (Å²) in [4.78, 5) is 21.3. The van der Waals surface area contributed by atoms with Gasteiger partial charge in [-0.2, -0.15) is 0 Å². The fourth-order valence-electron chi connectivity index (χ4n) is 0.872. The summed E-state index contributed by atoms with van der Waals surface area (Å²) >= 11 is 0. The number of ketones is 1. The highest BCUT2D eigenvalue weighted by Crippen LogP contribution is 2.00. The van der Waals surface area contributed by atoms with E-state index in [1.807, 2.05) is 6.92 Å². The van der Waals surface area contributed by atoms with Crippen LogP contribution in [0.4, 0.5) is 0 Å². The molecule has 0 aromatic heterocycles. The number of nitrogens with zero attached hydrogens (tertiary/aromatic N) is 1. The van der Waals surface area contributed by atoms with E-state index in [9.17, 15) is 9.59 Å². The van der Waals surface area contributed by atoms with Gasteiger partial charge in [-0.05, 0) is 6.42 Å². The van der Waals surface area contributed by atoms with E-state index in [1.54, 1.807) is 0 Å². The van der Waals surface area contributed by atoms with Crippen molar-refractivity contribution in [1.29, 1.82) is 0 Å². The van der Waals surface area contributed by atoms with E-state index >= 15 is 0 Å². The molecule has 0 unspecified atom stereocenters. The van der Waals surface area contributed by atoms with Crippen molar-refractivity contribution in [2.75, 3.05) is 0 Å². The second kappa shape index (κ2) is 6.16. The van der Waals surface area contributed by atoms with Crippen LogP contribution >= 0.6 is 0 Å². The summed E-state index contributed by atoms with van der Waals surface area (Å²) in [6.45, 7) is 1.97. The minimum absolute atomic E-state index is 0.125. The number of aliphatic carboxylic acids is 1. The van der Waals surface area contributed by atoms with Crippen LogP contribution in [0, 0.1) is 0 Å². The Morgan fingerprint density at radius 1 is 1.31 bits per heavy atom. The van der Waals surface area contributed by atoms with Gasteiger partial charge >= 0.3 is 5.97 Å². The van der Waals surface area contributed by atoms with E-state index in [-0.39, 0.29) is 6.42 Å². The number of carboxylic acid groups (broad SMARTS) is 1. The molecule has 0 saturated heterocycles. The van der Waals surface area contributed by atoms with Gasteiger partial charge in [0, 0.05) is 6.42 Å². The van der Waals surface area contributed by atoms with Gasteiger partial charge < -0.3 is 10.3 Å². The van der Waals surface area contributed by atoms with E-state index in [2.05, 4.69) is 5.16 Å². The average molecular weight is 187 g/mol. The van der Waals surface area contributed by atoms with Gasteiger partial charge in [-0.25, -0.2) is 4.79 Å². The Hall–Kier alpha value is -1.39. The van der Waals surface area contributed by atoms with Gasteiger partial charge in [0.2, 0.25) is 5.71 Å². The van der Waals surface area contributed by atoms with Crippen molar-refractivity contribution in [2.24, 2.45) is 5.16 Å². The molecule has 0 atom stereocenters. The normalized spacial score (nSPS) is 11.3. The molecule has 0 radical (unpaired) electrons. The lowest BCUT2D eigenvalue weighted by Crippen LogP contribution is -2.23. The molecule has 0 aromatic rings. The fraction of sp³-hybridized carbons (Fsp3) is 0.625. The number of carbonyl (C=O) groups is 2. The summed E-state index contributed by atoms with van der Waals surface area (Å²) in [5.41, 5.74) is -0.781. The van der Waals surface area contributed by atoms with E-state index in [1.165, 1.54) is 0 Å². The highest BCUT2D eigenvalue weighted by molar-refractivity contribution is 6.63. The number of unbranched alkanes of at least 4 members (excludes halogenated alkanes) is 2. The van der Waals surface area contributed by atoms with Gasteiger partial charge in [0.05, 0.1) is 0 Å². The molecular formula is C8H13NO4. The molecule has 0 aliphatic rings. The van der Waals surface area contributed by atoms with E-state index in [0.717, 1.165) is 12.8 Å². The SMILES string of the molecule is CCCCCC(=O)C(=NO)C(=O)O. The standard InChI is InChI=1S/C8H13NO4/c1-2-3-4-5-6(10)7(9-13)8(11)12/h13H,2-5H2,1H3,(H,11,12). The van der Waals surface area contributed by atoms with E-state index in [4.69, 9.17) is 10.3 Å². The number of Topliss-reactive ketones (excluding diaryl/α,β-unsaturated/α-hetero) is 1. The number of carbonyl (C=O) groups excluding carboxylic acids is 1. The number of rotatable bonds is 6. The summed E-state index contributed by atoms with van der Waals surface area (Å²) in [6.07, 6.45) is 2.57. The second-order valence-electron chi connectivity index (χ2n) is 2.63. The molecule has 0 heterocycles. The van der Waals surface area contributed by atoms with Crippen LogP contribution in [0.5, 0.6) is 0 Å². The Morgan fingerprint density at radius 3 is 2.31 bits per heavy atom. The molecule has 0 aliphatic heterocycles. The summed E-state index contributed by atoms with van der Waals surface area (Å²) in [6, 6.07) is 0. The fourth-order valence-corrected chi connectivity index (χ4v) is 0.872. The maximum atomic E-state index is 11.0. The van der Waals surface area contributed by atoms with Crippen LogP contribution < -0.4 is 0 Å². The molecule has 0 aromatic carbocycles. The van der Waals surface area contributed by atoms with Crippen LogP contribution in [0.3, 0.4) is 0 Å². The lowest BCUT2D eigenvalue weighted by molar-refractivity contribution is -0.130. The van der Waals surface area contributed by atoms with Crippen LogP contribution in [0.1, 0.15) is 32.6 Å². The molecule has 0 spiro atoms. The number of hydrogen-bond acceptors (Lipinski definition) is 4. The molecule has 0 amide bonds. The molecular weight excluding hydrogens is 174 g/mol. The van der Waals surface area contributed by atoms with Crippen LogP contribution in [0.2, 0.25) is 0 Å². The van der Waals surface area contributed by atoms with Gasteiger partial charge in [-0.1, -0.05) is 24.9 Å². The Bertz CT molecular complexity index is 222. The predicted octanol–water partition coefficient (Wildman–Crippen LogP) is 1.05. The molecule has 0 saturated carbocycles. The zero-order valence-corrected chi connectivity index (χ0v) is 7.49. The van der Waals surface area contributed by atoms with E-state index < -0.39 is 17.5 Å². The minimum Gasteiger partial charge on any atom is -0.476 e. The monoisotopic (exact) mass is 187 g/mol. The lowest BCUT2D eigenvalue weighted by Gasteiger charge is -1.97. The number of oxime groups is 1. The molecule has 0 rings (SSSR count). The highest BCUT2D eigenvalue weighted by atomic mass is 16.4. The average Bonchev–Trinajstić information content (AvgIpc) is 2.05. The van der Waals surface area contributed by atoms with Crippen molar-refractivity contribution in [1.82, 2.24) is 0 Å². The van der Waals surface area contributed by atoms with Gasteiger partial charge in [-0.3, -0.25) is 4.79 Å². The van der Waals surface area contributed by atoms with Gasteiger partial charge in [0.15, 0.2) is 5.78 Å². The third-order valence-electron chi connectivity index (χ3n) is 1.57. The van der Waals surface area contributed by atoms with Gasteiger partial charge in [-0.15, -0.1) is 0 Å². The second-order valence-corrected chi connectivity index (χ2v) is 2.63. The van der Waals surface area contributed by atoms with Crippen LogP contribution in [-0.2, 0) is 9.59 Å². The Balaban J connectivity index is 4.02. The van der Waals surface area contributed by atoms with Crippen molar-refractivity contribution < 1.29 is 19.9 Å². The van der Waals surface area contributed by atoms with Crippen molar-refractivity contribution in [3.63, 3.8) is 0 Å². The lowest BCUT2D eigenvalue weighted by atomic mass is 10.1. The molecule has 74 valence electrons. The van der Waals surface area contributed by atoms with Crippen molar-refractivity contribution >= 4 is 17.5 Å². The first-order valence-electron chi connectivity index (χ1n) is 4.12. The quantitative estimate of drug-likeness (QED) is 0.214. The van der Waals surface area contributed by atoms with Crippen LogP contribution in [0.15, 0.2) is 5.16 Å². The van der Waals surface area contributed by atoms with Crippen molar-refractivity contribution in [2.45, 2.75) is 32.6 Å². The Labute approximate surface area is 76.1 Å². The van der Waals surface area contributed by atoms with Gasteiger partial charge in [0.25, 0.3) is 0 Å². The molecule has 0 aliphatic carbocycles. The predicted molar refractivity (Wildman–Crippen MR) is 46.0 cm³/mol. The first-order valence-corrected chi connectivity index (χ1v) is 4.12. The van der Waals surface area contributed by atoms with E-state index in [0.29, 0.717) is 6.42 Å². The summed E-state index contributed by atoms with van der Waals surface area (Å²) in [5, 5.41) is 19.0. The third kappa shape index (κ3) is 4.25. The number of hydrogen-bond donors (Lipinski definition) is 2. The molecule has 13 heavy (non-hydrogen) atoms. The highest BCUT2D eigenvalue weighted by Gasteiger charge is 2.19. The maximum Gasteiger partial charge on any atom is 0.361 e. The van der Waals surface area contributed by atoms with Crippen molar-refractivity contribution in [3.05, 3.63) is 0 Å².